The Kier molecular flexibility index (Phi) is 6.55. The Labute approximate surface area is 196 Å². The van der Waals surface area contributed by atoms with Crippen molar-refractivity contribution in [1.82, 2.24) is 9.78 Å². The van der Waals surface area contributed by atoms with Gasteiger partial charge in [-0.25, -0.2) is 9.48 Å². The van der Waals surface area contributed by atoms with E-state index in [4.69, 9.17) is 25.8 Å². The minimum atomic E-state index is -1.05. The Morgan fingerprint density at radius 3 is 2.55 bits per heavy atom. The van der Waals surface area contributed by atoms with Crippen molar-refractivity contribution in [1.29, 1.82) is 0 Å². The molecule has 2 heterocycles. The van der Waals surface area contributed by atoms with Gasteiger partial charge in [-0.05, 0) is 38.5 Å². The molecule has 4 rings (SSSR count). The van der Waals surface area contributed by atoms with Gasteiger partial charge >= 0.3 is 5.97 Å². The first kappa shape index (κ1) is 22.7. The molecule has 3 aromatic rings. The van der Waals surface area contributed by atoms with E-state index < -0.39 is 18.0 Å². The molecule has 0 fully saturated rings. The average Bonchev–Trinajstić information content (AvgIpc) is 3.07. The molecule has 0 saturated heterocycles. The Morgan fingerprint density at radius 1 is 1.12 bits per heavy atom. The minimum Gasteiger partial charge on any atom is -0.486 e. The fourth-order valence-corrected chi connectivity index (χ4v) is 3.71. The summed E-state index contributed by atoms with van der Waals surface area (Å²) in [7, 11) is 0. The van der Waals surface area contributed by atoms with E-state index in [-0.39, 0.29) is 10.7 Å². The molecule has 2 aromatic carbocycles. The number of halogens is 1. The van der Waals surface area contributed by atoms with Crippen LogP contribution in [-0.4, -0.2) is 41.0 Å². The predicted molar refractivity (Wildman–Crippen MR) is 123 cm³/mol. The Bertz CT molecular complexity index is 1190. The third kappa shape index (κ3) is 5.12. The lowest BCUT2D eigenvalue weighted by atomic mass is 10.1. The van der Waals surface area contributed by atoms with Crippen LogP contribution in [-0.2, 0) is 16.1 Å². The smallest absolute Gasteiger partial charge is 0.343 e. The van der Waals surface area contributed by atoms with Gasteiger partial charge in [-0.2, -0.15) is 5.10 Å². The van der Waals surface area contributed by atoms with E-state index in [0.29, 0.717) is 42.6 Å². The van der Waals surface area contributed by atoms with Gasteiger partial charge in [0, 0.05) is 11.8 Å². The lowest BCUT2D eigenvalue weighted by Gasteiger charge is -2.19. The molecule has 9 heteroatoms. The monoisotopic (exact) mass is 469 g/mol. The summed E-state index contributed by atoms with van der Waals surface area (Å²) in [6.45, 7) is 6.51. The summed E-state index contributed by atoms with van der Waals surface area (Å²) in [4.78, 5) is 25.4. The van der Waals surface area contributed by atoms with Crippen molar-refractivity contribution in [3.05, 3.63) is 70.0 Å². The molecule has 8 nitrogen and oxygen atoms in total. The number of amides is 1. The molecule has 33 heavy (non-hydrogen) atoms. The maximum atomic E-state index is 12.8. The van der Waals surface area contributed by atoms with E-state index in [0.717, 1.165) is 11.1 Å². The summed E-state index contributed by atoms with van der Waals surface area (Å²) in [6.07, 6.45) is -1.05. The number of aryl methyl sites for hydroxylation is 2. The molecular weight excluding hydrogens is 446 g/mol. The number of ether oxygens (including phenoxy) is 3. The van der Waals surface area contributed by atoms with Crippen molar-refractivity contribution in [3.8, 4) is 11.5 Å². The van der Waals surface area contributed by atoms with Crippen molar-refractivity contribution in [3.63, 3.8) is 0 Å². The summed E-state index contributed by atoms with van der Waals surface area (Å²) < 4.78 is 17.9. The first-order chi connectivity index (χ1) is 15.8. The zero-order valence-electron chi connectivity index (χ0n) is 18.6. The van der Waals surface area contributed by atoms with Crippen LogP contribution in [0, 0.1) is 13.8 Å². The van der Waals surface area contributed by atoms with E-state index in [9.17, 15) is 9.59 Å². The van der Waals surface area contributed by atoms with Crippen molar-refractivity contribution < 1.29 is 23.8 Å². The summed E-state index contributed by atoms with van der Waals surface area (Å²) in [5.41, 5.74) is 3.22. The number of hydrogen-bond acceptors (Lipinski definition) is 6. The molecule has 0 bridgehead atoms. The third-order valence-corrected chi connectivity index (χ3v) is 5.57. The number of anilines is 1. The van der Waals surface area contributed by atoms with Gasteiger partial charge in [0.25, 0.3) is 5.91 Å². The lowest BCUT2D eigenvalue weighted by molar-refractivity contribution is -0.123. The van der Waals surface area contributed by atoms with Crippen LogP contribution in [0.2, 0.25) is 5.15 Å². The van der Waals surface area contributed by atoms with Gasteiger partial charge in [0.15, 0.2) is 17.6 Å². The molecule has 1 aliphatic rings. The van der Waals surface area contributed by atoms with E-state index in [1.807, 2.05) is 31.2 Å². The quantitative estimate of drug-likeness (QED) is 0.545. The highest BCUT2D eigenvalue weighted by molar-refractivity contribution is 6.32. The highest BCUT2D eigenvalue weighted by Gasteiger charge is 2.26. The summed E-state index contributed by atoms with van der Waals surface area (Å²) in [5, 5.41) is 7.25. The van der Waals surface area contributed by atoms with Crippen molar-refractivity contribution >= 4 is 29.2 Å². The van der Waals surface area contributed by atoms with Gasteiger partial charge in [0.05, 0.1) is 12.2 Å². The van der Waals surface area contributed by atoms with Crippen LogP contribution in [0.15, 0.2) is 42.5 Å². The summed E-state index contributed by atoms with van der Waals surface area (Å²) in [5.74, 6) is -0.0306. The molecule has 1 unspecified atom stereocenters. The van der Waals surface area contributed by atoms with E-state index in [2.05, 4.69) is 10.4 Å². The SMILES string of the molecule is Cc1ccc(Cn2nc(C)c(C(=O)OC(C)C(=O)Nc3ccc4c(c3)OCCO4)c2Cl)cc1. The molecular formula is C24H24ClN3O5. The largest absolute Gasteiger partial charge is 0.486 e. The van der Waals surface area contributed by atoms with E-state index in [1.54, 1.807) is 25.1 Å². The highest BCUT2D eigenvalue weighted by Crippen LogP contribution is 2.32. The predicted octanol–water partition coefficient (Wildman–Crippen LogP) is 4.16. The van der Waals surface area contributed by atoms with Crippen LogP contribution >= 0.6 is 11.6 Å². The molecule has 0 spiro atoms. The second-order valence-electron chi connectivity index (χ2n) is 7.79. The van der Waals surface area contributed by atoms with Crippen molar-refractivity contribution in [2.24, 2.45) is 0 Å². The normalized spacial score (nSPS) is 13.3. The Morgan fingerprint density at radius 2 is 1.82 bits per heavy atom. The number of carbonyl (C=O) groups is 2. The Hall–Kier alpha value is -3.52. The second kappa shape index (κ2) is 9.54. The van der Waals surface area contributed by atoms with E-state index >= 15 is 0 Å². The number of rotatable bonds is 6. The lowest BCUT2D eigenvalue weighted by Crippen LogP contribution is -2.30. The molecule has 0 saturated carbocycles. The first-order valence-corrected chi connectivity index (χ1v) is 10.9. The van der Waals surface area contributed by atoms with Crippen LogP contribution in [0.3, 0.4) is 0 Å². The first-order valence-electron chi connectivity index (χ1n) is 10.5. The van der Waals surface area contributed by atoms with Gasteiger partial charge < -0.3 is 19.5 Å². The number of hydrogen-bond donors (Lipinski definition) is 1. The molecule has 172 valence electrons. The standard InChI is InChI=1S/C24H24ClN3O5/c1-14-4-6-17(7-5-14)13-28-22(25)21(15(2)27-28)24(30)33-16(3)23(29)26-18-8-9-19-20(12-18)32-11-10-31-19/h4-9,12,16H,10-11,13H2,1-3H3,(H,26,29). The van der Waals surface area contributed by atoms with Gasteiger partial charge in [-0.1, -0.05) is 41.4 Å². The van der Waals surface area contributed by atoms with Crippen LogP contribution in [0.25, 0.3) is 0 Å². The minimum absolute atomic E-state index is 0.141. The number of carbonyl (C=O) groups excluding carboxylic acids is 2. The zero-order chi connectivity index (χ0) is 23.5. The van der Waals surface area contributed by atoms with Gasteiger partial charge in [-0.3, -0.25) is 4.79 Å². The molecule has 0 radical (unpaired) electrons. The molecule has 0 aliphatic carbocycles. The van der Waals surface area contributed by atoms with Gasteiger partial charge in [0.1, 0.15) is 23.9 Å². The van der Waals surface area contributed by atoms with Crippen molar-refractivity contribution in [2.45, 2.75) is 33.4 Å². The number of nitrogens with zero attached hydrogens (tertiary/aromatic N) is 2. The number of benzene rings is 2. The molecule has 1 atom stereocenters. The number of fused-ring (bicyclic) bond motifs is 1. The van der Waals surface area contributed by atoms with Gasteiger partial charge in [0.2, 0.25) is 0 Å². The number of esters is 1. The zero-order valence-corrected chi connectivity index (χ0v) is 19.3. The molecule has 1 N–H and O–H groups in total. The van der Waals surface area contributed by atoms with Crippen LogP contribution in [0.4, 0.5) is 5.69 Å². The van der Waals surface area contributed by atoms with Crippen LogP contribution < -0.4 is 14.8 Å². The maximum Gasteiger partial charge on any atom is 0.343 e. The molecule has 1 amide bonds. The average molecular weight is 470 g/mol. The van der Waals surface area contributed by atoms with Gasteiger partial charge in [-0.15, -0.1) is 0 Å². The fraction of sp³-hybridized carbons (Fsp3) is 0.292. The maximum absolute atomic E-state index is 12.8. The van der Waals surface area contributed by atoms with Crippen LogP contribution in [0.5, 0.6) is 11.5 Å². The third-order valence-electron chi connectivity index (χ3n) is 5.19. The fourth-order valence-electron chi connectivity index (χ4n) is 3.39. The van der Waals surface area contributed by atoms with E-state index in [1.165, 1.54) is 11.6 Å². The summed E-state index contributed by atoms with van der Waals surface area (Å²) >= 11 is 6.44. The Balaban J connectivity index is 1.41. The highest BCUT2D eigenvalue weighted by atomic mass is 35.5. The second-order valence-corrected chi connectivity index (χ2v) is 8.15. The van der Waals surface area contributed by atoms with Crippen molar-refractivity contribution in [2.75, 3.05) is 18.5 Å². The number of aromatic nitrogens is 2. The summed E-state index contributed by atoms with van der Waals surface area (Å²) in [6, 6.07) is 13.0. The van der Waals surface area contributed by atoms with Crippen LogP contribution in [0.1, 0.15) is 34.1 Å². The topological polar surface area (TPSA) is 91.7 Å². The number of nitrogens with one attached hydrogen (secondary N) is 1. The molecule has 1 aliphatic heterocycles. The molecule has 1 aromatic heterocycles.